The minimum atomic E-state index is -1.04. The highest BCUT2D eigenvalue weighted by Crippen LogP contribution is 2.17. The molecule has 162 valence electrons. The summed E-state index contributed by atoms with van der Waals surface area (Å²) in [4.78, 5) is 35.7. The Morgan fingerprint density at radius 1 is 1.13 bits per heavy atom. The summed E-state index contributed by atoms with van der Waals surface area (Å²) < 4.78 is 0. The van der Waals surface area contributed by atoms with Gasteiger partial charge in [-0.15, -0.1) is 0 Å². The third-order valence-corrected chi connectivity index (χ3v) is 4.55. The fourth-order valence-corrected chi connectivity index (χ4v) is 2.93. The minimum absolute atomic E-state index is 0.0341. The van der Waals surface area contributed by atoms with Gasteiger partial charge in [-0.3, -0.25) is 14.4 Å². The maximum absolute atomic E-state index is 12.0. The highest BCUT2D eigenvalue weighted by Gasteiger charge is 2.21. The van der Waals surface area contributed by atoms with Gasteiger partial charge in [-0.1, -0.05) is 36.4 Å². The van der Waals surface area contributed by atoms with Crippen LogP contribution in [0.3, 0.4) is 0 Å². The SMILES string of the molecule is NC(=O)[C@H](NC(=O)CNCCCCNC(=O)C1=C(O)[C@H](O)CC=C1)c1ccccc1. The molecule has 1 aromatic rings. The number of unbranched alkanes of at least 4 members (excludes halogenated alkanes) is 1. The molecule has 0 aromatic heterocycles. The van der Waals surface area contributed by atoms with E-state index in [9.17, 15) is 24.6 Å². The van der Waals surface area contributed by atoms with Crippen LogP contribution in [0.2, 0.25) is 0 Å². The number of nitrogens with one attached hydrogen (secondary N) is 3. The molecule has 0 radical (unpaired) electrons. The average Bonchev–Trinajstić information content (AvgIpc) is 2.73. The topological polar surface area (TPSA) is 154 Å². The number of nitrogens with two attached hydrogens (primary N) is 1. The Morgan fingerprint density at radius 3 is 2.53 bits per heavy atom. The predicted molar refractivity (Wildman–Crippen MR) is 111 cm³/mol. The molecule has 1 aromatic carbocycles. The van der Waals surface area contributed by atoms with Crippen molar-refractivity contribution in [2.24, 2.45) is 5.73 Å². The maximum atomic E-state index is 12.0. The summed E-state index contributed by atoms with van der Waals surface area (Å²) in [5.74, 6) is -1.73. The summed E-state index contributed by atoms with van der Waals surface area (Å²) >= 11 is 0. The van der Waals surface area contributed by atoms with Crippen molar-refractivity contribution >= 4 is 17.7 Å². The first-order valence-electron chi connectivity index (χ1n) is 9.80. The molecule has 0 aliphatic heterocycles. The van der Waals surface area contributed by atoms with E-state index in [1.54, 1.807) is 30.3 Å². The molecule has 1 aliphatic carbocycles. The average molecular weight is 416 g/mol. The van der Waals surface area contributed by atoms with Crippen LogP contribution in [0.4, 0.5) is 0 Å². The standard InChI is InChI=1S/C21H28N4O5/c22-20(29)18(14-7-2-1-3-8-14)25-17(27)13-23-11-4-5-12-24-21(30)15-9-6-10-16(26)19(15)28/h1-3,6-9,16,18,23,26,28H,4-5,10-13H2,(H2,22,29)(H,24,30)(H,25,27)/t16-,18-/m1/s1. The summed E-state index contributed by atoms with van der Waals surface area (Å²) in [6.45, 7) is 0.972. The van der Waals surface area contributed by atoms with E-state index in [1.807, 2.05) is 6.07 Å². The summed E-state index contributed by atoms with van der Waals surface area (Å²) in [6, 6.07) is 7.89. The van der Waals surface area contributed by atoms with Gasteiger partial charge in [0.25, 0.3) is 5.91 Å². The second-order valence-corrected chi connectivity index (χ2v) is 6.91. The van der Waals surface area contributed by atoms with Gasteiger partial charge in [-0.25, -0.2) is 0 Å². The van der Waals surface area contributed by atoms with Gasteiger partial charge >= 0.3 is 0 Å². The Kier molecular flexibility index (Phi) is 9.04. The summed E-state index contributed by atoms with van der Waals surface area (Å²) in [5.41, 5.74) is 6.07. The number of aliphatic hydroxyl groups is 2. The van der Waals surface area contributed by atoms with E-state index >= 15 is 0 Å². The van der Waals surface area contributed by atoms with Gasteiger partial charge in [-0.2, -0.15) is 0 Å². The van der Waals surface area contributed by atoms with Crippen LogP contribution in [0.1, 0.15) is 30.9 Å². The highest BCUT2D eigenvalue weighted by atomic mass is 16.3. The molecule has 9 heteroatoms. The lowest BCUT2D eigenvalue weighted by molar-refractivity contribution is -0.127. The molecular formula is C21H28N4O5. The van der Waals surface area contributed by atoms with Crippen LogP contribution in [-0.4, -0.2) is 53.7 Å². The Morgan fingerprint density at radius 2 is 1.83 bits per heavy atom. The smallest absolute Gasteiger partial charge is 0.254 e. The van der Waals surface area contributed by atoms with Crippen molar-refractivity contribution in [2.45, 2.75) is 31.4 Å². The number of aliphatic hydroxyl groups excluding tert-OH is 2. The number of primary amides is 1. The number of hydrogen-bond acceptors (Lipinski definition) is 6. The number of benzene rings is 1. The molecule has 0 heterocycles. The van der Waals surface area contributed by atoms with Crippen molar-refractivity contribution in [2.75, 3.05) is 19.6 Å². The maximum Gasteiger partial charge on any atom is 0.254 e. The number of rotatable bonds is 11. The van der Waals surface area contributed by atoms with Crippen molar-refractivity contribution < 1.29 is 24.6 Å². The van der Waals surface area contributed by atoms with Crippen LogP contribution in [0.5, 0.6) is 0 Å². The van der Waals surface area contributed by atoms with Crippen LogP contribution >= 0.6 is 0 Å². The molecule has 0 saturated carbocycles. The number of amides is 3. The van der Waals surface area contributed by atoms with Crippen molar-refractivity contribution in [3.8, 4) is 0 Å². The molecule has 3 amide bonds. The monoisotopic (exact) mass is 416 g/mol. The lowest BCUT2D eigenvalue weighted by Gasteiger charge is -2.16. The summed E-state index contributed by atoms with van der Waals surface area (Å²) in [5, 5.41) is 27.6. The minimum Gasteiger partial charge on any atom is -0.509 e. The van der Waals surface area contributed by atoms with Gasteiger partial charge in [0, 0.05) is 6.54 Å². The van der Waals surface area contributed by atoms with Gasteiger partial charge in [-0.05, 0) is 37.4 Å². The van der Waals surface area contributed by atoms with Crippen LogP contribution < -0.4 is 21.7 Å². The molecule has 2 rings (SSSR count). The second-order valence-electron chi connectivity index (χ2n) is 6.91. The van der Waals surface area contributed by atoms with E-state index in [4.69, 9.17) is 5.73 Å². The molecule has 0 unspecified atom stereocenters. The van der Waals surface area contributed by atoms with E-state index in [2.05, 4.69) is 16.0 Å². The lowest BCUT2D eigenvalue weighted by atomic mass is 10.0. The van der Waals surface area contributed by atoms with Crippen LogP contribution in [0.25, 0.3) is 0 Å². The van der Waals surface area contributed by atoms with Crippen LogP contribution in [0.15, 0.2) is 53.8 Å². The Bertz CT molecular complexity index is 807. The first-order chi connectivity index (χ1) is 14.4. The highest BCUT2D eigenvalue weighted by molar-refractivity contribution is 5.97. The Hall–Kier alpha value is -3.17. The van der Waals surface area contributed by atoms with E-state index in [-0.39, 0.29) is 30.2 Å². The summed E-state index contributed by atoms with van der Waals surface area (Å²) in [6.07, 6.45) is 3.74. The molecule has 9 nitrogen and oxygen atoms in total. The van der Waals surface area contributed by atoms with E-state index in [0.29, 0.717) is 31.5 Å². The summed E-state index contributed by atoms with van der Waals surface area (Å²) in [7, 11) is 0. The van der Waals surface area contributed by atoms with E-state index in [1.165, 1.54) is 6.08 Å². The number of carbonyl (C=O) groups is 3. The molecule has 0 spiro atoms. The predicted octanol–water partition coefficient (Wildman–Crippen LogP) is -0.0519. The van der Waals surface area contributed by atoms with Gasteiger partial charge in [0.05, 0.1) is 12.1 Å². The molecule has 0 bridgehead atoms. The van der Waals surface area contributed by atoms with Crippen molar-refractivity contribution in [3.63, 3.8) is 0 Å². The zero-order chi connectivity index (χ0) is 21.9. The molecule has 0 saturated heterocycles. The third kappa shape index (κ3) is 7.02. The van der Waals surface area contributed by atoms with Crippen molar-refractivity contribution in [1.29, 1.82) is 0 Å². The van der Waals surface area contributed by atoms with E-state index < -0.39 is 24.0 Å². The van der Waals surface area contributed by atoms with Crippen LogP contribution in [-0.2, 0) is 14.4 Å². The molecule has 30 heavy (non-hydrogen) atoms. The normalized spacial score (nSPS) is 16.8. The Balaban J connectivity index is 1.62. The Labute approximate surface area is 175 Å². The molecule has 1 aliphatic rings. The molecular weight excluding hydrogens is 388 g/mol. The molecule has 2 atom stereocenters. The lowest BCUT2D eigenvalue weighted by Crippen LogP contribution is -2.41. The van der Waals surface area contributed by atoms with Crippen molar-refractivity contribution in [3.05, 3.63) is 59.4 Å². The second kappa shape index (κ2) is 11.7. The van der Waals surface area contributed by atoms with Crippen molar-refractivity contribution in [1.82, 2.24) is 16.0 Å². The number of carbonyl (C=O) groups excluding carboxylic acids is 3. The fourth-order valence-electron chi connectivity index (χ4n) is 2.93. The van der Waals surface area contributed by atoms with Gasteiger partial charge in [0.2, 0.25) is 11.8 Å². The van der Waals surface area contributed by atoms with Gasteiger partial charge in [0.1, 0.15) is 17.9 Å². The first-order valence-corrected chi connectivity index (χ1v) is 9.80. The zero-order valence-corrected chi connectivity index (χ0v) is 16.6. The largest absolute Gasteiger partial charge is 0.509 e. The van der Waals surface area contributed by atoms with Gasteiger partial charge < -0.3 is 31.9 Å². The van der Waals surface area contributed by atoms with E-state index in [0.717, 1.165) is 0 Å². The van der Waals surface area contributed by atoms with Gasteiger partial charge in [0.15, 0.2) is 0 Å². The third-order valence-electron chi connectivity index (χ3n) is 4.55. The van der Waals surface area contributed by atoms with Crippen LogP contribution in [0, 0.1) is 0 Å². The number of hydrogen-bond donors (Lipinski definition) is 6. The molecule has 0 fully saturated rings. The quantitative estimate of drug-likeness (QED) is 0.278. The zero-order valence-electron chi connectivity index (χ0n) is 16.6. The fraction of sp³-hybridized carbons (Fsp3) is 0.381. The molecule has 7 N–H and O–H groups in total. The first kappa shape index (κ1) is 23.1.